The van der Waals surface area contributed by atoms with Crippen LogP contribution in [0.1, 0.15) is 10.4 Å². The van der Waals surface area contributed by atoms with Gasteiger partial charge in [0.2, 0.25) is 0 Å². The molecule has 18 heavy (non-hydrogen) atoms. The molecule has 0 radical (unpaired) electrons. The first-order valence-electron chi connectivity index (χ1n) is 4.95. The second-order valence-electron chi connectivity index (χ2n) is 3.41. The molecular formula is C11H10N4O2S. The summed E-state index contributed by atoms with van der Waals surface area (Å²) in [5, 5.41) is 11.0. The minimum absolute atomic E-state index is 0.00260. The number of carboxylic acids is 1. The Bertz CT molecular complexity index is 604. The van der Waals surface area contributed by atoms with Gasteiger partial charge in [0.15, 0.2) is 11.8 Å². The standard InChI is InChI=1S/C11H10N4O2S/c12-11(13)15-9-7(10(16)17)4-6(5-14-9)8-2-1-3-18-8/h1-5H,(H,16,17)(H4,12,13,14,15). The number of thiophene rings is 1. The highest BCUT2D eigenvalue weighted by Gasteiger charge is 2.13. The molecule has 0 saturated heterocycles. The summed E-state index contributed by atoms with van der Waals surface area (Å²) in [6.45, 7) is 0. The first-order valence-corrected chi connectivity index (χ1v) is 5.82. The predicted octanol–water partition coefficient (Wildman–Crippen LogP) is 1.41. The van der Waals surface area contributed by atoms with Gasteiger partial charge in [-0.2, -0.15) is 4.99 Å². The number of carboxylic acid groups (broad SMARTS) is 1. The molecule has 0 saturated carbocycles. The molecule has 7 heteroatoms. The van der Waals surface area contributed by atoms with Gasteiger partial charge in [0.1, 0.15) is 5.56 Å². The van der Waals surface area contributed by atoms with Crippen LogP contribution < -0.4 is 11.5 Å². The summed E-state index contributed by atoms with van der Waals surface area (Å²) in [6.07, 6.45) is 1.54. The van der Waals surface area contributed by atoms with Crippen molar-refractivity contribution in [2.75, 3.05) is 0 Å². The summed E-state index contributed by atoms with van der Waals surface area (Å²) < 4.78 is 0. The van der Waals surface area contributed by atoms with Gasteiger partial charge in [0.05, 0.1) is 0 Å². The smallest absolute Gasteiger partial charge is 0.339 e. The van der Waals surface area contributed by atoms with Crippen LogP contribution in [0.5, 0.6) is 0 Å². The minimum atomic E-state index is -1.12. The summed E-state index contributed by atoms with van der Waals surface area (Å²) in [6, 6.07) is 5.26. The highest BCUT2D eigenvalue weighted by atomic mass is 32.1. The molecule has 0 aliphatic rings. The normalized spacial score (nSPS) is 10.0. The number of aromatic nitrogens is 1. The van der Waals surface area contributed by atoms with Crippen LogP contribution >= 0.6 is 11.3 Å². The molecule has 92 valence electrons. The van der Waals surface area contributed by atoms with Crippen LogP contribution in [0.2, 0.25) is 0 Å². The van der Waals surface area contributed by atoms with Gasteiger partial charge in [-0.05, 0) is 17.5 Å². The Kier molecular flexibility index (Phi) is 3.24. The zero-order valence-electron chi connectivity index (χ0n) is 9.20. The van der Waals surface area contributed by atoms with E-state index in [9.17, 15) is 4.79 Å². The van der Waals surface area contributed by atoms with Gasteiger partial charge in [-0.3, -0.25) is 0 Å². The molecule has 0 bridgehead atoms. The number of carbonyl (C=O) groups is 1. The molecule has 0 aliphatic heterocycles. The molecule has 0 spiro atoms. The third-order valence-electron chi connectivity index (χ3n) is 2.14. The summed E-state index contributed by atoms with van der Waals surface area (Å²) in [5.41, 5.74) is 11.1. The fourth-order valence-electron chi connectivity index (χ4n) is 1.40. The summed E-state index contributed by atoms with van der Waals surface area (Å²) in [5.74, 6) is -1.35. The third kappa shape index (κ3) is 2.46. The molecule has 0 amide bonds. The van der Waals surface area contributed by atoms with Gasteiger partial charge in [-0.1, -0.05) is 6.07 Å². The van der Waals surface area contributed by atoms with Crippen molar-refractivity contribution in [3.05, 3.63) is 35.3 Å². The lowest BCUT2D eigenvalue weighted by atomic mass is 10.1. The summed E-state index contributed by atoms with van der Waals surface area (Å²) >= 11 is 1.50. The fraction of sp³-hybridized carbons (Fsp3) is 0. The topological polar surface area (TPSA) is 115 Å². The highest BCUT2D eigenvalue weighted by molar-refractivity contribution is 7.13. The Morgan fingerprint density at radius 2 is 2.22 bits per heavy atom. The van der Waals surface area contributed by atoms with E-state index in [4.69, 9.17) is 16.6 Å². The Hall–Kier alpha value is -2.41. The van der Waals surface area contributed by atoms with Gasteiger partial charge in [-0.25, -0.2) is 9.78 Å². The largest absolute Gasteiger partial charge is 0.478 e. The average Bonchev–Trinajstić information content (AvgIpc) is 2.82. The molecule has 0 atom stereocenters. The van der Waals surface area contributed by atoms with E-state index in [0.29, 0.717) is 0 Å². The zero-order valence-corrected chi connectivity index (χ0v) is 10.0. The number of rotatable bonds is 3. The molecule has 0 unspecified atom stereocenters. The van der Waals surface area contributed by atoms with Crippen molar-refractivity contribution in [2.45, 2.75) is 0 Å². The van der Waals surface area contributed by atoms with E-state index >= 15 is 0 Å². The van der Waals surface area contributed by atoms with Gasteiger partial charge in [-0.15, -0.1) is 11.3 Å². The monoisotopic (exact) mass is 262 g/mol. The second kappa shape index (κ2) is 4.84. The van der Waals surface area contributed by atoms with Crippen molar-refractivity contribution in [1.29, 1.82) is 0 Å². The molecule has 2 rings (SSSR count). The first-order chi connectivity index (χ1) is 8.58. The third-order valence-corrected chi connectivity index (χ3v) is 3.06. The van der Waals surface area contributed by atoms with Gasteiger partial charge in [0, 0.05) is 16.6 Å². The molecule has 0 fully saturated rings. The Labute approximate surface area is 107 Å². The second-order valence-corrected chi connectivity index (χ2v) is 4.36. The van der Waals surface area contributed by atoms with Crippen molar-refractivity contribution in [2.24, 2.45) is 16.5 Å². The molecule has 0 aliphatic carbocycles. The molecule has 5 N–H and O–H groups in total. The molecular weight excluding hydrogens is 252 g/mol. The SMILES string of the molecule is NC(N)=Nc1ncc(-c2cccs2)cc1C(=O)O. The molecule has 2 heterocycles. The number of pyridine rings is 1. The number of aromatic carboxylic acids is 1. The van der Waals surface area contributed by atoms with Crippen molar-refractivity contribution in [3.63, 3.8) is 0 Å². The Morgan fingerprint density at radius 3 is 2.78 bits per heavy atom. The van der Waals surface area contributed by atoms with E-state index in [2.05, 4.69) is 9.98 Å². The van der Waals surface area contributed by atoms with Crippen molar-refractivity contribution in [3.8, 4) is 10.4 Å². The van der Waals surface area contributed by atoms with Crippen LogP contribution in [0.3, 0.4) is 0 Å². The fourth-order valence-corrected chi connectivity index (χ4v) is 2.11. The van der Waals surface area contributed by atoms with Gasteiger partial charge >= 0.3 is 5.97 Å². The molecule has 0 aromatic carbocycles. The number of hydrogen-bond donors (Lipinski definition) is 3. The Balaban J connectivity index is 2.54. The van der Waals surface area contributed by atoms with Crippen molar-refractivity contribution in [1.82, 2.24) is 4.98 Å². The van der Waals surface area contributed by atoms with E-state index < -0.39 is 5.97 Å². The number of guanidine groups is 1. The lowest BCUT2D eigenvalue weighted by molar-refractivity contribution is 0.0697. The number of nitrogens with zero attached hydrogens (tertiary/aromatic N) is 2. The number of nitrogens with two attached hydrogens (primary N) is 2. The lowest BCUT2D eigenvalue weighted by Gasteiger charge is -2.03. The lowest BCUT2D eigenvalue weighted by Crippen LogP contribution is -2.22. The van der Waals surface area contributed by atoms with E-state index in [1.165, 1.54) is 17.4 Å². The van der Waals surface area contributed by atoms with E-state index in [1.54, 1.807) is 6.20 Å². The maximum Gasteiger partial charge on any atom is 0.339 e. The van der Waals surface area contributed by atoms with E-state index in [-0.39, 0.29) is 17.3 Å². The van der Waals surface area contributed by atoms with Crippen LogP contribution in [0.25, 0.3) is 10.4 Å². The van der Waals surface area contributed by atoms with Gasteiger partial charge < -0.3 is 16.6 Å². The number of hydrogen-bond acceptors (Lipinski definition) is 4. The van der Waals surface area contributed by atoms with E-state index in [0.717, 1.165) is 10.4 Å². The summed E-state index contributed by atoms with van der Waals surface area (Å²) in [7, 11) is 0. The van der Waals surface area contributed by atoms with Crippen molar-refractivity contribution >= 4 is 29.1 Å². The predicted molar refractivity (Wildman–Crippen MR) is 70.0 cm³/mol. The van der Waals surface area contributed by atoms with Gasteiger partial charge in [0.25, 0.3) is 0 Å². The van der Waals surface area contributed by atoms with Crippen LogP contribution in [0.15, 0.2) is 34.8 Å². The quantitative estimate of drug-likeness (QED) is 0.571. The molecule has 6 nitrogen and oxygen atoms in total. The average molecular weight is 262 g/mol. The van der Waals surface area contributed by atoms with Crippen LogP contribution in [-0.2, 0) is 0 Å². The zero-order chi connectivity index (χ0) is 13.1. The Morgan fingerprint density at radius 1 is 1.44 bits per heavy atom. The maximum absolute atomic E-state index is 11.1. The van der Waals surface area contributed by atoms with E-state index in [1.807, 2.05) is 17.5 Å². The van der Waals surface area contributed by atoms with Crippen LogP contribution in [-0.4, -0.2) is 22.0 Å². The number of aliphatic imine (C=N–C) groups is 1. The highest BCUT2D eigenvalue weighted by Crippen LogP contribution is 2.27. The maximum atomic E-state index is 11.1. The minimum Gasteiger partial charge on any atom is -0.478 e. The van der Waals surface area contributed by atoms with Crippen molar-refractivity contribution < 1.29 is 9.90 Å². The van der Waals surface area contributed by atoms with Crippen LogP contribution in [0.4, 0.5) is 5.82 Å². The van der Waals surface area contributed by atoms with Crippen LogP contribution in [0, 0.1) is 0 Å². The molecule has 2 aromatic rings. The summed E-state index contributed by atoms with van der Waals surface area (Å²) in [4.78, 5) is 19.7. The first kappa shape index (κ1) is 12.1. The molecule has 2 aromatic heterocycles.